The first kappa shape index (κ1) is 16.8. The highest BCUT2D eigenvalue weighted by Crippen LogP contribution is 2.36. The number of carbonyl (C=O) groups is 1. The van der Waals surface area contributed by atoms with Crippen molar-refractivity contribution in [3.05, 3.63) is 52.0 Å². The number of urea groups is 1. The van der Waals surface area contributed by atoms with Gasteiger partial charge in [0.2, 0.25) is 0 Å². The van der Waals surface area contributed by atoms with Crippen LogP contribution in [0.4, 0.5) is 16.2 Å². The van der Waals surface area contributed by atoms with Gasteiger partial charge in [0, 0.05) is 13.1 Å². The molecular weight excluding hydrogens is 370 g/mol. The Morgan fingerprint density at radius 3 is 2.79 bits per heavy atom. The Kier molecular flexibility index (Phi) is 4.78. The molecule has 0 fully saturated rings. The predicted octanol–water partition coefficient (Wildman–Crippen LogP) is 3.66. The zero-order valence-electron chi connectivity index (χ0n) is 13.8. The van der Waals surface area contributed by atoms with Crippen LogP contribution in [0, 0.1) is 0 Å². The van der Waals surface area contributed by atoms with E-state index in [4.69, 9.17) is 10.5 Å². The summed E-state index contributed by atoms with van der Waals surface area (Å²) in [5, 5.41) is 0. The molecule has 0 spiro atoms. The summed E-state index contributed by atoms with van der Waals surface area (Å²) in [6.45, 7) is 1.84. The smallest absolute Gasteiger partial charge is 0.323 e. The number of halogens is 1. The zero-order valence-corrected chi connectivity index (χ0v) is 15.3. The number of fused-ring (bicyclic) bond motifs is 1. The average Bonchev–Trinajstić information content (AvgIpc) is 2.55. The molecular formula is C18H20BrN3O2. The number of amides is 2. The number of primary amides is 1. The van der Waals surface area contributed by atoms with Crippen LogP contribution in [0.3, 0.4) is 0 Å². The highest BCUT2D eigenvalue weighted by molar-refractivity contribution is 9.10. The SMILES string of the molecule is COc1ccc(N(C(N)=O)c2cccc3c2CCN(C)C3)cc1Br. The number of ether oxygens (including phenoxy) is 1. The average molecular weight is 390 g/mol. The lowest BCUT2D eigenvalue weighted by atomic mass is 9.97. The molecule has 0 saturated heterocycles. The first-order valence-corrected chi connectivity index (χ1v) is 8.53. The summed E-state index contributed by atoms with van der Waals surface area (Å²) >= 11 is 3.47. The maximum absolute atomic E-state index is 12.2. The molecule has 0 aliphatic carbocycles. The van der Waals surface area contributed by atoms with E-state index >= 15 is 0 Å². The molecule has 1 aliphatic heterocycles. The Bertz CT molecular complexity index is 779. The summed E-state index contributed by atoms with van der Waals surface area (Å²) in [4.78, 5) is 16.0. The van der Waals surface area contributed by atoms with Crippen molar-refractivity contribution in [2.24, 2.45) is 5.73 Å². The van der Waals surface area contributed by atoms with Gasteiger partial charge in [-0.1, -0.05) is 12.1 Å². The van der Waals surface area contributed by atoms with Crippen molar-refractivity contribution in [2.75, 3.05) is 25.6 Å². The van der Waals surface area contributed by atoms with Gasteiger partial charge in [-0.05, 0) is 64.8 Å². The number of methoxy groups -OCH3 is 1. The van der Waals surface area contributed by atoms with Crippen LogP contribution < -0.4 is 15.4 Å². The first-order chi connectivity index (χ1) is 11.5. The molecule has 1 heterocycles. The van der Waals surface area contributed by atoms with Crippen molar-refractivity contribution in [3.63, 3.8) is 0 Å². The summed E-state index contributed by atoms with van der Waals surface area (Å²) in [7, 11) is 3.71. The van der Waals surface area contributed by atoms with Gasteiger partial charge in [0.15, 0.2) is 0 Å². The summed E-state index contributed by atoms with van der Waals surface area (Å²) in [6.07, 6.45) is 0.892. The lowest BCUT2D eigenvalue weighted by Gasteiger charge is -2.30. The van der Waals surface area contributed by atoms with Crippen molar-refractivity contribution >= 4 is 33.3 Å². The number of anilines is 2. The largest absolute Gasteiger partial charge is 0.496 e. The van der Waals surface area contributed by atoms with Crippen molar-refractivity contribution < 1.29 is 9.53 Å². The van der Waals surface area contributed by atoms with E-state index < -0.39 is 6.03 Å². The summed E-state index contributed by atoms with van der Waals surface area (Å²) < 4.78 is 6.04. The van der Waals surface area contributed by atoms with E-state index in [1.807, 2.05) is 30.3 Å². The van der Waals surface area contributed by atoms with E-state index in [0.29, 0.717) is 11.4 Å². The van der Waals surface area contributed by atoms with Gasteiger partial charge in [0.05, 0.1) is 23.0 Å². The zero-order chi connectivity index (χ0) is 17.3. The lowest BCUT2D eigenvalue weighted by molar-refractivity contribution is 0.256. The molecule has 0 saturated carbocycles. The lowest BCUT2D eigenvalue weighted by Crippen LogP contribution is -2.34. The van der Waals surface area contributed by atoms with Gasteiger partial charge in [0.25, 0.3) is 0 Å². The quantitative estimate of drug-likeness (QED) is 0.870. The molecule has 0 bridgehead atoms. The Morgan fingerprint density at radius 1 is 1.33 bits per heavy atom. The number of rotatable bonds is 3. The predicted molar refractivity (Wildman–Crippen MR) is 98.9 cm³/mol. The first-order valence-electron chi connectivity index (χ1n) is 7.73. The van der Waals surface area contributed by atoms with Crippen LogP contribution in [0.25, 0.3) is 0 Å². The molecule has 24 heavy (non-hydrogen) atoms. The molecule has 0 radical (unpaired) electrons. The van der Waals surface area contributed by atoms with E-state index in [9.17, 15) is 4.79 Å². The number of hydrogen-bond acceptors (Lipinski definition) is 3. The monoisotopic (exact) mass is 389 g/mol. The standard InChI is InChI=1S/C18H20BrN3O2/c1-21-9-8-14-12(11-21)4-3-5-16(14)22(18(20)23)13-6-7-17(24-2)15(19)10-13/h3-7,10H,8-9,11H2,1-2H3,(H2,20,23). The molecule has 5 nitrogen and oxygen atoms in total. The van der Waals surface area contributed by atoms with E-state index in [-0.39, 0.29) is 0 Å². The van der Waals surface area contributed by atoms with E-state index in [0.717, 1.165) is 29.7 Å². The maximum Gasteiger partial charge on any atom is 0.323 e. The Balaban J connectivity index is 2.09. The van der Waals surface area contributed by atoms with Gasteiger partial charge >= 0.3 is 6.03 Å². The van der Waals surface area contributed by atoms with Crippen molar-refractivity contribution in [1.82, 2.24) is 4.90 Å². The minimum absolute atomic E-state index is 0.501. The highest BCUT2D eigenvalue weighted by Gasteiger charge is 2.23. The van der Waals surface area contributed by atoms with Gasteiger partial charge in [-0.25, -0.2) is 4.79 Å². The number of hydrogen-bond donors (Lipinski definition) is 1. The number of nitrogens with two attached hydrogens (primary N) is 1. The van der Waals surface area contributed by atoms with Crippen LogP contribution in [0.15, 0.2) is 40.9 Å². The molecule has 0 atom stereocenters. The molecule has 2 aromatic rings. The molecule has 0 aromatic heterocycles. The van der Waals surface area contributed by atoms with Crippen LogP contribution in [-0.4, -0.2) is 31.6 Å². The van der Waals surface area contributed by atoms with Gasteiger partial charge < -0.3 is 15.4 Å². The van der Waals surface area contributed by atoms with Crippen LogP contribution in [0.1, 0.15) is 11.1 Å². The maximum atomic E-state index is 12.2. The number of benzene rings is 2. The van der Waals surface area contributed by atoms with Crippen molar-refractivity contribution in [3.8, 4) is 5.75 Å². The van der Waals surface area contributed by atoms with Crippen LogP contribution in [0.2, 0.25) is 0 Å². The summed E-state index contributed by atoms with van der Waals surface area (Å²) in [5.41, 5.74) is 9.69. The van der Waals surface area contributed by atoms with Crippen LogP contribution in [-0.2, 0) is 13.0 Å². The van der Waals surface area contributed by atoms with Crippen molar-refractivity contribution in [1.29, 1.82) is 0 Å². The van der Waals surface area contributed by atoms with Crippen LogP contribution >= 0.6 is 15.9 Å². The van der Waals surface area contributed by atoms with Gasteiger partial charge in [-0.3, -0.25) is 4.90 Å². The number of likely N-dealkylation sites (N-methyl/N-ethyl adjacent to an activating group) is 1. The normalized spacial score (nSPS) is 14.1. The molecule has 126 valence electrons. The highest BCUT2D eigenvalue weighted by atomic mass is 79.9. The van der Waals surface area contributed by atoms with Gasteiger partial charge in [-0.2, -0.15) is 0 Å². The second-order valence-corrected chi connectivity index (χ2v) is 6.75. The molecule has 2 N–H and O–H groups in total. The fourth-order valence-corrected chi connectivity index (χ4v) is 3.65. The summed E-state index contributed by atoms with van der Waals surface area (Å²) in [6, 6.07) is 11.0. The second kappa shape index (κ2) is 6.83. The van der Waals surface area contributed by atoms with E-state index in [2.05, 4.69) is 33.9 Å². The van der Waals surface area contributed by atoms with E-state index in [1.54, 1.807) is 12.0 Å². The van der Waals surface area contributed by atoms with Gasteiger partial charge in [-0.15, -0.1) is 0 Å². The molecule has 1 aliphatic rings. The Morgan fingerprint density at radius 2 is 2.12 bits per heavy atom. The number of nitrogens with zero attached hydrogens (tertiary/aromatic N) is 2. The molecule has 3 rings (SSSR count). The third-order valence-electron chi connectivity index (χ3n) is 4.29. The molecule has 6 heteroatoms. The molecule has 0 unspecified atom stereocenters. The van der Waals surface area contributed by atoms with Crippen molar-refractivity contribution in [2.45, 2.75) is 13.0 Å². The Hall–Kier alpha value is -2.05. The Labute approximate surface area is 150 Å². The third kappa shape index (κ3) is 3.12. The molecule has 2 aromatic carbocycles. The minimum Gasteiger partial charge on any atom is -0.496 e. The second-order valence-electron chi connectivity index (χ2n) is 5.90. The minimum atomic E-state index is -0.501. The van der Waals surface area contributed by atoms with Gasteiger partial charge in [0.1, 0.15) is 5.75 Å². The fraction of sp³-hybridized carbons (Fsp3) is 0.278. The topological polar surface area (TPSA) is 58.8 Å². The summed E-state index contributed by atoms with van der Waals surface area (Å²) in [5.74, 6) is 0.708. The molecule has 2 amide bonds. The third-order valence-corrected chi connectivity index (χ3v) is 4.91. The van der Waals surface area contributed by atoms with E-state index in [1.165, 1.54) is 11.1 Å². The number of carbonyl (C=O) groups excluding carboxylic acids is 1. The van der Waals surface area contributed by atoms with Crippen LogP contribution in [0.5, 0.6) is 5.75 Å². The fourth-order valence-electron chi connectivity index (χ4n) is 3.12.